The van der Waals surface area contributed by atoms with Crippen LogP contribution in [0, 0.1) is 5.82 Å². The summed E-state index contributed by atoms with van der Waals surface area (Å²) < 4.78 is 24.6. The van der Waals surface area contributed by atoms with Crippen LogP contribution in [0.4, 0.5) is 4.39 Å². The third kappa shape index (κ3) is 5.99. The van der Waals surface area contributed by atoms with Gasteiger partial charge in [0.2, 0.25) is 0 Å². The van der Waals surface area contributed by atoms with Gasteiger partial charge in [-0.05, 0) is 42.3 Å². The Labute approximate surface area is 157 Å². The van der Waals surface area contributed by atoms with Gasteiger partial charge in [0.25, 0.3) is 0 Å². The number of nitrogens with zero attached hydrogens (tertiary/aromatic N) is 1. The second-order valence-corrected chi connectivity index (χ2v) is 7.62. The molecule has 0 amide bonds. The zero-order valence-electron chi connectivity index (χ0n) is 14.6. The van der Waals surface area contributed by atoms with Crippen molar-refractivity contribution >= 4 is 11.8 Å². The summed E-state index contributed by atoms with van der Waals surface area (Å²) in [5, 5.41) is 9.48. The predicted molar refractivity (Wildman–Crippen MR) is 101 cm³/mol. The van der Waals surface area contributed by atoms with Crippen molar-refractivity contribution in [2.24, 2.45) is 0 Å². The lowest BCUT2D eigenvalue weighted by Gasteiger charge is -2.16. The fraction of sp³-hybridized carbons (Fsp3) is 0.400. The Morgan fingerprint density at radius 3 is 2.77 bits per heavy atom. The number of benzene rings is 2. The summed E-state index contributed by atoms with van der Waals surface area (Å²) in [7, 11) is 0. The fourth-order valence-electron chi connectivity index (χ4n) is 2.85. The minimum atomic E-state index is -0.181. The van der Waals surface area contributed by atoms with Crippen LogP contribution in [0.5, 0.6) is 5.75 Å². The Kier molecular flexibility index (Phi) is 7.32. The Bertz CT molecular complexity index is 683. The van der Waals surface area contributed by atoms with Gasteiger partial charge in [0.15, 0.2) is 0 Å². The fourth-order valence-corrected chi connectivity index (χ4v) is 4.08. The first kappa shape index (κ1) is 19.2. The van der Waals surface area contributed by atoms with Gasteiger partial charge in [-0.3, -0.25) is 4.90 Å². The first-order valence-corrected chi connectivity index (χ1v) is 9.66. The van der Waals surface area contributed by atoms with Crippen LogP contribution in [-0.2, 0) is 11.3 Å². The maximum atomic E-state index is 13.3. The number of aliphatic hydroxyl groups is 1. The van der Waals surface area contributed by atoms with Gasteiger partial charge < -0.3 is 14.6 Å². The first-order chi connectivity index (χ1) is 12.7. The van der Waals surface area contributed by atoms with Crippen LogP contribution in [0.2, 0.25) is 0 Å². The van der Waals surface area contributed by atoms with Crippen LogP contribution >= 0.6 is 11.8 Å². The van der Waals surface area contributed by atoms with Crippen molar-refractivity contribution in [3.63, 3.8) is 0 Å². The molecule has 26 heavy (non-hydrogen) atoms. The monoisotopic (exact) mass is 377 g/mol. The summed E-state index contributed by atoms with van der Waals surface area (Å²) in [5.41, 5.74) is 0.869. The number of likely N-dealkylation sites (tertiary alicyclic amines) is 1. The molecule has 0 radical (unpaired) electrons. The summed E-state index contributed by atoms with van der Waals surface area (Å²) in [6, 6.07) is 14.2. The molecule has 0 spiro atoms. The van der Waals surface area contributed by atoms with Crippen LogP contribution in [0.1, 0.15) is 12.0 Å². The number of hydrogen-bond donors (Lipinski definition) is 1. The summed E-state index contributed by atoms with van der Waals surface area (Å²) in [6.07, 6.45) is 1.08. The van der Waals surface area contributed by atoms with Crippen molar-refractivity contribution in [1.82, 2.24) is 4.90 Å². The Morgan fingerprint density at radius 1 is 1.15 bits per heavy atom. The van der Waals surface area contributed by atoms with Gasteiger partial charge >= 0.3 is 0 Å². The van der Waals surface area contributed by atoms with Gasteiger partial charge in [0, 0.05) is 23.2 Å². The molecule has 0 saturated carbocycles. The number of ether oxygens (including phenoxy) is 2. The molecule has 2 aromatic rings. The minimum absolute atomic E-state index is 0.0394. The van der Waals surface area contributed by atoms with Crippen molar-refractivity contribution < 1.29 is 19.0 Å². The standard InChI is InChI=1S/C20H24FNO3S/c21-17-2-1-3-19(12-17)26-20-8-9-22(13-20)15-24-10-11-25-18-6-4-16(14-23)5-7-18/h1-7,12,20,23H,8-11,13-15H2. The third-order valence-electron chi connectivity index (χ3n) is 4.20. The molecule has 1 unspecified atom stereocenters. The molecular formula is C20H24FNO3S. The molecule has 4 nitrogen and oxygen atoms in total. The SMILES string of the molecule is OCc1ccc(OCCOCN2CCC(Sc3cccc(F)c3)C2)cc1. The van der Waals surface area contributed by atoms with Gasteiger partial charge in [-0.2, -0.15) is 0 Å². The van der Waals surface area contributed by atoms with Crippen LogP contribution in [-0.4, -0.2) is 48.3 Å². The lowest BCUT2D eigenvalue weighted by Crippen LogP contribution is -2.25. The van der Waals surface area contributed by atoms with E-state index in [1.165, 1.54) is 6.07 Å². The van der Waals surface area contributed by atoms with E-state index in [9.17, 15) is 4.39 Å². The topological polar surface area (TPSA) is 41.9 Å². The third-order valence-corrected chi connectivity index (χ3v) is 5.45. The second-order valence-electron chi connectivity index (χ2n) is 6.25. The van der Waals surface area contributed by atoms with Crippen molar-refractivity contribution in [3.05, 3.63) is 59.9 Å². The highest BCUT2D eigenvalue weighted by Crippen LogP contribution is 2.29. The van der Waals surface area contributed by atoms with Gasteiger partial charge in [-0.1, -0.05) is 18.2 Å². The second kappa shape index (κ2) is 9.92. The molecule has 1 heterocycles. The average molecular weight is 377 g/mol. The van der Waals surface area contributed by atoms with E-state index in [1.54, 1.807) is 23.9 Å². The molecule has 140 valence electrons. The van der Waals surface area contributed by atoms with Gasteiger partial charge in [-0.15, -0.1) is 11.8 Å². The normalized spacial score (nSPS) is 17.5. The van der Waals surface area contributed by atoms with Gasteiger partial charge in [0.1, 0.15) is 18.2 Å². The van der Waals surface area contributed by atoms with E-state index in [4.69, 9.17) is 14.6 Å². The van der Waals surface area contributed by atoms with E-state index < -0.39 is 0 Å². The Morgan fingerprint density at radius 2 is 2.00 bits per heavy atom. The van der Waals surface area contributed by atoms with Crippen LogP contribution < -0.4 is 4.74 Å². The quantitative estimate of drug-likeness (QED) is 0.677. The number of thioether (sulfide) groups is 1. The molecule has 1 fully saturated rings. The number of aliphatic hydroxyl groups excluding tert-OH is 1. The lowest BCUT2D eigenvalue weighted by molar-refractivity contribution is 0.0264. The Balaban J connectivity index is 1.29. The highest BCUT2D eigenvalue weighted by atomic mass is 32.2. The molecule has 1 atom stereocenters. The highest BCUT2D eigenvalue weighted by Gasteiger charge is 2.23. The maximum absolute atomic E-state index is 13.3. The van der Waals surface area contributed by atoms with Crippen LogP contribution in [0.3, 0.4) is 0 Å². The molecule has 6 heteroatoms. The molecule has 2 aromatic carbocycles. The Hall–Kier alpha value is -1.60. The minimum Gasteiger partial charge on any atom is -0.491 e. The molecule has 1 aliphatic heterocycles. The molecule has 1 saturated heterocycles. The molecular weight excluding hydrogens is 353 g/mol. The molecule has 1 N–H and O–H groups in total. The first-order valence-electron chi connectivity index (χ1n) is 8.78. The number of rotatable bonds is 9. The smallest absolute Gasteiger partial charge is 0.124 e. The summed E-state index contributed by atoms with van der Waals surface area (Å²) in [6.45, 7) is 3.60. The largest absolute Gasteiger partial charge is 0.491 e. The molecule has 0 aromatic heterocycles. The maximum Gasteiger partial charge on any atom is 0.124 e. The number of hydrogen-bond acceptors (Lipinski definition) is 5. The van der Waals surface area contributed by atoms with Crippen LogP contribution in [0.15, 0.2) is 53.4 Å². The van der Waals surface area contributed by atoms with E-state index in [2.05, 4.69) is 4.90 Å². The van der Waals surface area contributed by atoms with E-state index >= 15 is 0 Å². The van der Waals surface area contributed by atoms with Crippen molar-refractivity contribution in [1.29, 1.82) is 0 Å². The molecule has 0 bridgehead atoms. The van der Waals surface area contributed by atoms with Gasteiger partial charge in [-0.25, -0.2) is 4.39 Å². The summed E-state index contributed by atoms with van der Waals surface area (Å²) in [4.78, 5) is 3.26. The van der Waals surface area contributed by atoms with E-state index in [0.717, 1.165) is 35.7 Å². The lowest BCUT2D eigenvalue weighted by atomic mass is 10.2. The van der Waals surface area contributed by atoms with E-state index in [-0.39, 0.29) is 12.4 Å². The predicted octanol–water partition coefficient (Wildman–Crippen LogP) is 3.54. The van der Waals surface area contributed by atoms with Crippen molar-refractivity contribution in [3.8, 4) is 5.75 Å². The highest BCUT2D eigenvalue weighted by molar-refractivity contribution is 8.00. The van der Waals surface area contributed by atoms with Crippen LogP contribution in [0.25, 0.3) is 0 Å². The van der Waals surface area contributed by atoms with E-state index in [0.29, 0.717) is 25.2 Å². The average Bonchev–Trinajstić information content (AvgIpc) is 3.09. The molecule has 3 rings (SSSR count). The van der Waals surface area contributed by atoms with Crippen molar-refractivity contribution in [2.45, 2.75) is 23.2 Å². The van der Waals surface area contributed by atoms with Crippen molar-refractivity contribution in [2.75, 3.05) is 33.0 Å². The molecule has 1 aliphatic rings. The summed E-state index contributed by atoms with van der Waals surface area (Å²) in [5.74, 6) is 0.595. The zero-order chi connectivity index (χ0) is 18.2. The van der Waals surface area contributed by atoms with Gasteiger partial charge in [0.05, 0.1) is 19.9 Å². The number of halogens is 1. The zero-order valence-corrected chi connectivity index (χ0v) is 15.5. The molecule has 0 aliphatic carbocycles. The van der Waals surface area contributed by atoms with E-state index in [1.807, 2.05) is 30.3 Å². The summed E-state index contributed by atoms with van der Waals surface area (Å²) >= 11 is 1.73.